The number of carbonyl (C=O) groups excluding carboxylic acids is 1. The molecule has 1 aliphatic carbocycles. The number of hydrogen-bond donors (Lipinski definition) is 1. The van der Waals surface area contributed by atoms with E-state index in [1.165, 1.54) is 39.7 Å². The zero-order valence-electron chi connectivity index (χ0n) is 15.9. The fraction of sp³-hybridized carbons (Fsp3) is 0.375. The van der Waals surface area contributed by atoms with Crippen molar-refractivity contribution in [2.24, 2.45) is 5.92 Å². The number of carbonyl (C=O) groups is 1. The first-order valence-electron chi connectivity index (χ1n) is 10.2. The van der Waals surface area contributed by atoms with Crippen LogP contribution in [0, 0.1) is 5.92 Å². The second kappa shape index (κ2) is 6.56. The van der Waals surface area contributed by atoms with Gasteiger partial charge in [0.15, 0.2) is 0 Å². The van der Waals surface area contributed by atoms with Gasteiger partial charge in [0.2, 0.25) is 5.91 Å². The van der Waals surface area contributed by atoms with E-state index in [2.05, 4.69) is 65.3 Å². The Hall–Kier alpha value is -2.55. The van der Waals surface area contributed by atoms with E-state index in [4.69, 9.17) is 0 Å². The Labute approximate surface area is 160 Å². The Morgan fingerprint density at radius 2 is 1.89 bits per heavy atom. The van der Waals surface area contributed by atoms with Gasteiger partial charge in [0.25, 0.3) is 0 Å². The zero-order chi connectivity index (χ0) is 18.4. The second-order valence-electron chi connectivity index (χ2n) is 7.97. The first-order chi connectivity index (χ1) is 13.3. The number of nitrogens with one attached hydrogen (secondary N) is 1. The number of aromatic amines is 1. The Balaban J connectivity index is 1.63. The van der Waals surface area contributed by atoms with Gasteiger partial charge in [-0.05, 0) is 48.4 Å². The summed E-state index contributed by atoms with van der Waals surface area (Å²) in [5.41, 5.74) is 6.32. The number of fused-ring (bicyclic) bond motifs is 3. The van der Waals surface area contributed by atoms with E-state index in [0.29, 0.717) is 5.91 Å². The first-order valence-corrected chi connectivity index (χ1v) is 10.2. The minimum atomic E-state index is 0.000145. The SMILES string of the molecule is CCc1ccc([C@H]2c3[nH]c4ccccc4c3CCN2C(=O)C2CCC2)cc1. The maximum absolute atomic E-state index is 13.2. The third kappa shape index (κ3) is 2.68. The smallest absolute Gasteiger partial charge is 0.226 e. The number of rotatable bonds is 3. The van der Waals surface area contributed by atoms with Crippen LogP contribution in [0.25, 0.3) is 10.9 Å². The van der Waals surface area contributed by atoms with Gasteiger partial charge in [0.1, 0.15) is 0 Å². The highest BCUT2D eigenvalue weighted by Gasteiger charge is 2.38. The van der Waals surface area contributed by atoms with Gasteiger partial charge in [-0.15, -0.1) is 0 Å². The molecule has 0 saturated heterocycles. The number of amides is 1. The molecule has 1 aliphatic heterocycles. The number of hydrogen-bond acceptors (Lipinski definition) is 1. The van der Waals surface area contributed by atoms with E-state index in [9.17, 15) is 4.79 Å². The molecule has 1 saturated carbocycles. The predicted molar refractivity (Wildman–Crippen MR) is 109 cm³/mol. The van der Waals surface area contributed by atoms with E-state index >= 15 is 0 Å². The zero-order valence-corrected chi connectivity index (χ0v) is 15.9. The summed E-state index contributed by atoms with van der Waals surface area (Å²) in [6.45, 7) is 2.99. The molecule has 1 aromatic heterocycles. The predicted octanol–water partition coefficient (Wildman–Crippen LogP) is 5.00. The van der Waals surface area contributed by atoms with Crippen molar-refractivity contribution in [1.29, 1.82) is 0 Å². The molecule has 2 heterocycles. The second-order valence-corrected chi connectivity index (χ2v) is 7.97. The van der Waals surface area contributed by atoms with Crippen molar-refractivity contribution >= 4 is 16.8 Å². The lowest BCUT2D eigenvalue weighted by molar-refractivity contribution is -0.140. The standard InChI is InChI=1S/C24H26N2O/c1-2-16-10-12-17(13-11-16)23-22-20(19-8-3-4-9-21(19)25-22)14-15-26(23)24(27)18-6-5-7-18/h3-4,8-13,18,23,25H,2,5-7,14-15H2,1H3/t23-/m0/s1. The Bertz CT molecular complexity index is 981. The largest absolute Gasteiger partial charge is 0.356 e. The Morgan fingerprint density at radius 3 is 2.59 bits per heavy atom. The summed E-state index contributed by atoms with van der Waals surface area (Å²) >= 11 is 0. The number of H-pyrrole nitrogens is 1. The molecule has 27 heavy (non-hydrogen) atoms. The van der Waals surface area contributed by atoms with E-state index in [1.807, 2.05) is 0 Å². The van der Waals surface area contributed by atoms with Gasteiger partial charge in [-0.3, -0.25) is 4.79 Å². The maximum atomic E-state index is 13.2. The highest BCUT2D eigenvalue weighted by Crippen LogP contribution is 2.41. The van der Waals surface area contributed by atoms with Gasteiger partial charge in [-0.1, -0.05) is 55.8 Å². The van der Waals surface area contributed by atoms with Crippen molar-refractivity contribution in [3.05, 3.63) is 70.9 Å². The fourth-order valence-electron chi connectivity index (χ4n) is 4.65. The fourth-order valence-corrected chi connectivity index (χ4v) is 4.65. The summed E-state index contributed by atoms with van der Waals surface area (Å²) in [4.78, 5) is 19.0. The van der Waals surface area contributed by atoms with E-state index in [1.54, 1.807) is 0 Å². The maximum Gasteiger partial charge on any atom is 0.226 e. The number of aromatic nitrogens is 1. The van der Waals surface area contributed by atoms with Crippen LogP contribution in [0.15, 0.2) is 48.5 Å². The quantitative estimate of drug-likeness (QED) is 0.702. The number of aryl methyl sites for hydroxylation is 1. The van der Waals surface area contributed by atoms with Crippen molar-refractivity contribution in [2.75, 3.05) is 6.54 Å². The van der Waals surface area contributed by atoms with Gasteiger partial charge in [-0.25, -0.2) is 0 Å². The normalized spacial score (nSPS) is 19.7. The van der Waals surface area contributed by atoms with Crippen molar-refractivity contribution in [3.8, 4) is 0 Å². The van der Waals surface area contributed by atoms with E-state index in [0.717, 1.165) is 32.2 Å². The summed E-state index contributed by atoms with van der Waals surface area (Å²) in [6, 6.07) is 17.4. The van der Waals surface area contributed by atoms with Gasteiger partial charge in [-0.2, -0.15) is 0 Å². The minimum absolute atomic E-state index is 0.000145. The molecule has 1 N–H and O–H groups in total. The van der Waals surface area contributed by atoms with Gasteiger partial charge >= 0.3 is 0 Å². The lowest BCUT2D eigenvalue weighted by atomic mass is 9.82. The summed E-state index contributed by atoms with van der Waals surface area (Å²) in [7, 11) is 0. The average Bonchev–Trinajstić information content (AvgIpc) is 3.04. The van der Waals surface area contributed by atoms with E-state index < -0.39 is 0 Å². The van der Waals surface area contributed by atoms with Crippen LogP contribution in [0.5, 0.6) is 0 Å². The van der Waals surface area contributed by atoms with Gasteiger partial charge in [0.05, 0.1) is 6.04 Å². The minimum Gasteiger partial charge on any atom is -0.356 e. The Morgan fingerprint density at radius 1 is 1.11 bits per heavy atom. The van der Waals surface area contributed by atoms with Gasteiger partial charge < -0.3 is 9.88 Å². The summed E-state index contributed by atoms with van der Waals surface area (Å²) < 4.78 is 0. The Kier molecular flexibility index (Phi) is 4.04. The first kappa shape index (κ1) is 16.6. The van der Waals surface area contributed by atoms with Gasteiger partial charge in [0, 0.05) is 29.1 Å². The topological polar surface area (TPSA) is 36.1 Å². The molecule has 2 aliphatic rings. The van der Waals surface area contributed by atoms with Crippen molar-refractivity contribution in [2.45, 2.75) is 45.1 Å². The van der Waals surface area contributed by atoms with Crippen LogP contribution in [0.1, 0.15) is 54.6 Å². The molecule has 138 valence electrons. The molecule has 0 radical (unpaired) electrons. The monoisotopic (exact) mass is 358 g/mol. The summed E-state index contributed by atoms with van der Waals surface area (Å²) in [5.74, 6) is 0.573. The van der Waals surface area contributed by atoms with Crippen molar-refractivity contribution in [3.63, 3.8) is 0 Å². The van der Waals surface area contributed by atoms with Crippen LogP contribution in [0.2, 0.25) is 0 Å². The molecule has 1 atom stereocenters. The molecular weight excluding hydrogens is 332 g/mol. The number of benzene rings is 2. The third-order valence-electron chi connectivity index (χ3n) is 6.48. The highest BCUT2D eigenvalue weighted by molar-refractivity contribution is 5.87. The summed E-state index contributed by atoms with van der Waals surface area (Å²) in [6.07, 6.45) is 5.26. The molecule has 1 amide bonds. The lowest BCUT2D eigenvalue weighted by Gasteiger charge is -2.40. The summed E-state index contributed by atoms with van der Waals surface area (Å²) in [5, 5.41) is 1.30. The van der Waals surface area contributed by atoms with Crippen LogP contribution in [0.4, 0.5) is 0 Å². The van der Waals surface area contributed by atoms with Crippen LogP contribution in [-0.2, 0) is 17.6 Å². The molecule has 0 spiro atoms. The molecule has 5 rings (SSSR count). The molecule has 0 bridgehead atoms. The van der Waals surface area contributed by atoms with Crippen LogP contribution < -0.4 is 0 Å². The van der Waals surface area contributed by atoms with E-state index in [-0.39, 0.29) is 12.0 Å². The molecule has 0 unspecified atom stereocenters. The molecule has 2 aromatic carbocycles. The van der Waals surface area contributed by atoms with Crippen molar-refractivity contribution < 1.29 is 4.79 Å². The molecular formula is C24H26N2O. The lowest BCUT2D eigenvalue weighted by Crippen LogP contribution is -2.45. The highest BCUT2D eigenvalue weighted by atomic mass is 16.2. The number of para-hydroxylation sites is 1. The van der Waals surface area contributed by atoms with Crippen molar-refractivity contribution in [1.82, 2.24) is 9.88 Å². The van der Waals surface area contributed by atoms with Crippen LogP contribution in [-0.4, -0.2) is 22.3 Å². The molecule has 1 fully saturated rings. The number of nitrogens with zero attached hydrogens (tertiary/aromatic N) is 1. The molecule has 3 aromatic rings. The molecule has 3 nitrogen and oxygen atoms in total. The third-order valence-corrected chi connectivity index (χ3v) is 6.48. The molecule has 3 heteroatoms. The van der Waals surface area contributed by atoms with Crippen LogP contribution >= 0.6 is 0 Å². The van der Waals surface area contributed by atoms with Crippen LogP contribution in [0.3, 0.4) is 0 Å². The average molecular weight is 358 g/mol.